The Bertz CT molecular complexity index is 1250. The first-order valence-corrected chi connectivity index (χ1v) is 12.8. The number of amides is 1. The van der Waals surface area contributed by atoms with Gasteiger partial charge in [-0.2, -0.15) is 0 Å². The molecule has 3 aromatic rings. The topological polar surface area (TPSA) is 110 Å². The minimum Gasteiger partial charge on any atom is -0.449 e. The van der Waals surface area contributed by atoms with Crippen molar-refractivity contribution in [2.24, 2.45) is 0 Å². The number of hydrogen-bond donors (Lipinski definition) is 3. The summed E-state index contributed by atoms with van der Waals surface area (Å²) in [6.45, 7) is 7.85. The Hall–Kier alpha value is -3.24. The van der Waals surface area contributed by atoms with E-state index in [0.29, 0.717) is 5.46 Å². The lowest BCUT2D eigenvalue weighted by atomic mass is 9.80. The zero-order valence-electron chi connectivity index (χ0n) is 22.0. The number of aliphatic hydroxyl groups excluding tert-OH is 2. The van der Waals surface area contributed by atoms with E-state index < -0.39 is 36.6 Å². The van der Waals surface area contributed by atoms with Crippen molar-refractivity contribution < 1.29 is 29.1 Å². The number of nitrogens with one attached hydrogen (secondary N) is 1. The molecule has 2 unspecified atom stereocenters. The fourth-order valence-electron chi connectivity index (χ4n) is 4.86. The first kappa shape index (κ1) is 26.4. The molecule has 5 rings (SSSR count). The summed E-state index contributed by atoms with van der Waals surface area (Å²) in [4.78, 5) is 16.7. The predicted octanol–water partition coefficient (Wildman–Crippen LogP) is 3.31. The molecule has 0 bridgehead atoms. The van der Waals surface area contributed by atoms with Gasteiger partial charge in [-0.15, -0.1) is 0 Å². The van der Waals surface area contributed by atoms with Gasteiger partial charge in [0.1, 0.15) is 18.8 Å². The van der Waals surface area contributed by atoms with E-state index in [9.17, 15) is 15.0 Å². The normalized spacial score (nSPS) is 18.9. The van der Waals surface area contributed by atoms with Gasteiger partial charge in [0, 0.05) is 24.1 Å². The smallest absolute Gasteiger partial charge is 0.449 e. The van der Waals surface area contributed by atoms with Crippen molar-refractivity contribution >= 4 is 18.7 Å². The van der Waals surface area contributed by atoms with Crippen LogP contribution in [0.25, 0.3) is 11.1 Å². The molecule has 2 aliphatic rings. The molecule has 0 saturated carbocycles. The molecule has 1 aromatic heterocycles. The minimum atomic E-state index is -1.30. The number of carbonyl (C=O) groups is 1. The summed E-state index contributed by atoms with van der Waals surface area (Å²) in [7, 11) is -0.571. The lowest BCUT2D eigenvalue weighted by molar-refractivity contribution is 0.00578. The van der Waals surface area contributed by atoms with Crippen LogP contribution in [0.2, 0.25) is 0 Å². The molecule has 38 heavy (non-hydrogen) atoms. The molecule has 2 aromatic carbocycles. The highest BCUT2D eigenvalue weighted by molar-refractivity contribution is 6.62. The number of carbonyl (C=O) groups excluding carboxylic acids is 1. The maximum absolute atomic E-state index is 12.4. The Morgan fingerprint density at radius 3 is 2.11 bits per heavy atom. The number of pyridine rings is 1. The van der Waals surface area contributed by atoms with E-state index in [1.54, 1.807) is 18.3 Å². The van der Waals surface area contributed by atoms with Crippen molar-refractivity contribution in [3.63, 3.8) is 0 Å². The average Bonchev–Trinajstić information content (AvgIpc) is 3.34. The Kier molecular flexibility index (Phi) is 7.04. The summed E-state index contributed by atoms with van der Waals surface area (Å²) in [5.41, 5.74) is 4.56. The molecular formula is C29H33BN2O6. The van der Waals surface area contributed by atoms with Gasteiger partial charge in [0.05, 0.1) is 16.9 Å². The summed E-state index contributed by atoms with van der Waals surface area (Å²) in [6.07, 6.45) is -1.67. The Morgan fingerprint density at radius 1 is 0.974 bits per heavy atom. The largest absolute Gasteiger partial charge is 0.496 e. The fourth-order valence-corrected chi connectivity index (χ4v) is 4.86. The van der Waals surface area contributed by atoms with Crippen LogP contribution in [-0.4, -0.2) is 58.9 Å². The number of benzene rings is 2. The molecule has 2 atom stereocenters. The molecule has 8 nitrogen and oxygen atoms in total. The highest BCUT2D eigenvalue weighted by Crippen LogP contribution is 2.44. The number of aliphatic hydroxyl groups is 2. The lowest BCUT2D eigenvalue weighted by Crippen LogP contribution is -2.41. The van der Waals surface area contributed by atoms with Crippen LogP contribution < -0.4 is 10.8 Å². The molecule has 0 radical (unpaired) electrons. The molecule has 3 N–H and O–H groups in total. The minimum absolute atomic E-state index is 0.0599. The molecule has 9 heteroatoms. The predicted molar refractivity (Wildman–Crippen MR) is 144 cm³/mol. The molecular weight excluding hydrogens is 483 g/mol. The average molecular weight is 516 g/mol. The Morgan fingerprint density at radius 2 is 1.55 bits per heavy atom. The lowest BCUT2D eigenvalue weighted by Gasteiger charge is -2.32. The Balaban J connectivity index is 1.13. The van der Waals surface area contributed by atoms with Gasteiger partial charge in [-0.05, 0) is 56.0 Å². The number of fused-ring (bicyclic) bond motifs is 3. The van der Waals surface area contributed by atoms with Crippen LogP contribution in [0.1, 0.15) is 56.5 Å². The van der Waals surface area contributed by atoms with Gasteiger partial charge in [0.2, 0.25) is 0 Å². The summed E-state index contributed by atoms with van der Waals surface area (Å²) in [6, 6.07) is 19.6. The molecule has 1 aliphatic carbocycles. The third kappa shape index (κ3) is 4.95. The molecule has 198 valence electrons. The van der Waals surface area contributed by atoms with E-state index >= 15 is 0 Å². The Labute approximate surface area is 223 Å². The zero-order valence-corrected chi connectivity index (χ0v) is 22.0. The molecule has 1 fully saturated rings. The SMILES string of the molecule is CC1(C)OB(c2ccc(C(O)C(O)CNC(=O)OCC3c4ccccc4-c4ccccc43)nc2)OC1(C)C. The first-order valence-electron chi connectivity index (χ1n) is 12.8. The van der Waals surface area contributed by atoms with Crippen molar-refractivity contribution in [3.05, 3.63) is 83.7 Å². The fraction of sp³-hybridized carbons (Fsp3) is 0.379. The maximum Gasteiger partial charge on any atom is 0.496 e. The first-order chi connectivity index (χ1) is 18.1. The second-order valence-electron chi connectivity index (χ2n) is 10.8. The number of aromatic nitrogens is 1. The number of alkyl carbamates (subject to hydrolysis) is 1. The third-order valence-corrected chi connectivity index (χ3v) is 7.80. The number of rotatable bonds is 7. The second-order valence-corrected chi connectivity index (χ2v) is 10.8. The zero-order chi connectivity index (χ0) is 27.1. The highest BCUT2D eigenvalue weighted by atomic mass is 16.7. The molecule has 1 aliphatic heterocycles. The van der Waals surface area contributed by atoms with Gasteiger partial charge in [-0.1, -0.05) is 54.6 Å². The standard InChI is InChI=1S/C29H33BN2O6/c1-28(2)29(3,4)38-30(37-28)18-13-14-24(31-15-18)26(34)25(33)16-32-27(35)36-17-23-21-11-7-5-9-19(21)20-10-6-8-12-22(20)23/h5-15,23,25-26,33-34H,16-17H2,1-4H3,(H,32,35). The quantitative estimate of drug-likeness (QED) is 0.414. The van der Waals surface area contributed by atoms with Crippen molar-refractivity contribution in [2.45, 2.75) is 57.0 Å². The third-order valence-electron chi connectivity index (χ3n) is 7.80. The van der Waals surface area contributed by atoms with Gasteiger partial charge < -0.3 is 29.6 Å². The van der Waals surface area contributed by atoms with Crippen molar-refractivity contribution in [2.75, 3.05) is 13.2 Å². The molecule has 1 amide bonds. The van der Waals surface area contributed by atoms with E-state index in [2.05, 4.69) is 22.4 Å². The van der Waals surface area contributed by atoms with Gasteiger partial charge in [0.25, 0.3) is 0 Å². The highest BCUT2D eigenvalue weighted by Gasteiger charge is 2.51. The van der Waals surface area contributed by atoms with E-state index in [1.165, 1.54) is 0 Å². The number of hydrogen-bond acceptors (Lipinski definition) is 7. The van der Waals surface area contributed by atoms with Crippen LogP contribution in [0.5, 0.6) is 0 Å². The van der Waals surface area contributed by atoms with Gasteiger partial charge in [-0.3, -0.25) is 4.98 Å². The van der Waals surface area contributed by atoms with Crippen molar-refractivity contribution in [1.29, 1.82) is 0 Å². The second kappa shape index (κ2) is 10.1. The van der Waals surface area contributed by atoms with Crippen LogP contribution in [0.15, 0.2) is 66.9 Å². The van der Waals surface area contributed by atoms with Crippen molar-refractivity contribution in [3.8, 4) is 11.1 Å². The summed E-state index contributed by atoms with van der Waals surface area (Å²) < 4.78 is 17.5. The number of nitrogens with zero attached hydrogens (tertiary/aromatic N) is 1. The van der Waals surface area contributed by atoms with Gasteiger partial charge in [0.15, 0.2) is 0 Å². The van der Waals surface area contributed by atoms with Crippen LogP contribution in [-0.2, 0) is 14.0 Å². The van der Waals surface area contributed by atoms with Crippen molar-refractivity contribution in [1.82, 2.24) is 10.3 Å². The molecule has 2 heterocycles. The monoisotopic (exact) mass is 516 g/mol. The summed E-state index contributed by atoms with van der Waals surface area (Å²) in [5, 5.41) is 23.6. The summed E-state index contributed by atoms with van der Waals surface area (Å²) in [5.74, 6) is -0.0599. The van der Waals surface area contributed by atoms with Gasteiger partial charge >= 0.3 is 13.2 Å². The molecule has 0 spiro atoms. The van der Waals surface area contributed by atoms with E-state index in [1.807, 2.05) is 64.1 Å². The van der Waals surface area contributed by atoms with Crippen LogP contribution in [0.4, 0.5) is 4.79 Å². The maximum atomic E-state index is 12.4. The summed E-state index contributed by atoms with van der Waals surface area (Å²) >= 11 is 0. The van der Waals surface area contributed by atoms with Crippen LogP contribution in [0.3, 0.4) is 0 Å². The van der Waals surface area contributed by atoms with E-state index in [0.717, 1.165) is 22.3 Å². The van der Waals surface area contributed by atoms with Crippen LogP contribution >= 0.6 is 0 Å². The van der Waals surface area contributed by atoms with Gasteiger partial charge in [-0.25, -0.2) is 4.79 Å². The molecule has 1 saturated heterocycles. The van der Waals surface area contributed by atoms with E-state index in [-0.39, 0.29) is 24.8 Å². The van der Waals surface area contributed by atoms with E-state index in [4.69, 9.17) is 14.0 Å². The number of ether oxygens (including phenoxy) is 1. The van der Waals surface area contributed by atoms with Crippen LogP contribution in [0, 0.1) is 0 Å².